The van der Waals surface area contributed by atoms with Crippen molar-refractivity contribution in [2.75, 3.05) is 26.3 Å². The molecule has 0 amide bonds. The summed E-state index contributed by atoms with van der Waals surface area (Å²) in [5, 5.41) is 13.8. The maximum Gasteiger partial charge on any atom is 0.321 e. The monoisotopic (exact) mass is 475 g/mol. The molecule has 7 nitrogen and oxygen atoms in total. The van der Waals surface area contributed by atoms with Gasteiger partial charge in [0.15, 0.2) is 6.61 Å². The highest BCUT2D eigenvalue weighted by Gasteiger charge is 2.23. The normalized spacial score (nSPS) is 12.4. The zero-order valence-electron chi connectivity index (χ0n) is 20.6. The first-order chi connectivity index (χ1) is 17.0. The van der Waals surface area contributed by atoms with Crippen molar-refractivity contribution in [1.29, 1.82) is 0 Å². The van der Waals surface area contributed by atoms with Crippen molar-refractivity contribution in [2.24, 2.45) is 5.16 Å². The first kappa shape index (κ1) is 25.9. The number of aromatic nitrogens is 1. The van der Waals surface area contributed by atoms with E-state index < -0.39 is 12.0 Å². The van der Waals surface area contributed by atoms with Crippen molar-refractivity contribution in [3.05, 3.63) is 84.1 Å². The summed E-state index contributed by atoms with van der Waals surface area (Å²) in [5.41, 5.74) is 4.70. The smallest absolute Gasteiger partial charge is 0.321 e. The number of carboxylic acids is 1. The fraction of sp³-hybridized carbons (Fsp3) is 0.321. The number of ether oxygens (including phenoxy) is 1. The third kappa shape index (κ3) is 7.65. The van der Waals surface area contributed by atoms with E-state index in [1.54, 1.807) is 6.20 Å². The highest BCUT2D eigenvalue weighted by Crippen LogP contribution is 2.18. The van der Waals surface area contributed by atoms with Gasteiger partial charge >= 0.3 is 5.97 Å². The second-order valence-corrected chi connectivity index (χ2v) is 8.07. The van der Waals surface area contributed by atoms with Gasteiger partial charge in [-0.25, -0.2) is 0 Å². The quantitative estimate of drug-likeness (QED) is 0.215. The average Bonchev–Trinajstić information content (AvgIpc) is 2.89. The first-order valence-electron chi connectivity index (χ1n) is 11.9. The van der Waals surface area contributed by atoms with Crippen LogP contribution in [0.2, 0.25) is 0 Å². The molecule has 184 valence electrons. The maximum absolute atomic E-state index is 11.7. The predicted molar refractivity (Wildman–Crippen MR) is 138 cm³/mol. The summed E-state index contributed by atoms with van der Waals surface area (Å²) >= 11 is 0. The minimum Gasteiger partial charge on any atom is -0.490 e. The molecule has 0 bridgehead atoms. The SMILES string of the molecule is CCN(CC)C(Cc1ccc(OCCO/N=C(/C)c2ccc(-c3ccccn3)cc2)cc1)C(=O)O. The lowest BCUT2D eigenvalue weighted by Gasteiger charge is -2.26. The summed E-state index contributed by atoms with van der Waals surface area (Å²) in [6.07, 6.45) is 2.24. The highest BCUT2D eigenvalue weighted by atomic mass is 16.6. The van der Waals surface area contributed by atoms with Gasteiger partial charge in [0.05, 0.1) is 11.4 Å². The van der Waals surface area contributed by atoms with Gasteiger partial charge in [-0.15, -0.1) is 0 Å². The Labute approximate surface area is 207 Å². The van der Waals surface area contributed by atoms with Gasteiger partial charge in [0.25, 0.3) is 0 Å². The zero-order valence-corrected chi connectivity index (χ0v) is 20.6. The molecule has 3 aromatic rings. The van der Waals surface area contributed by atoms with Crippen LogP contribution in [0.4, 0.5) is 0 Å². The van der Waals surface area contributed by atoms with Crippen molar-refractivity contribution in [2.45, 2.75) is 33.2 Å². The lowest BCUT2D eigenvalue weighted by atomic mass is 10.0. The Balaban J connectivity index is 1.44. The summed E-state index contributed by atoms with van der Waals surface area (Å²) in [6, 6.07) is 20.9. The fourth-order valence-corrected chi connectivity index (χ4v) is 3.79. The second kappa shape index (κ2) is 13.2. The Bertz CT molecular complexity index is 1080. The molecule has 0 saturated heterocycles. The summed E-state index contributed by atoms with van der Waals surface area (Å²) in [7, 11) is 0. The van der Waals surface area contributed by atoms with E-state index in [1.165, 1.54) is 0 Å². The van der Waals surface area contributed by atoms with Crippen molar-refractivity contribution in [3.8, 4) is 17.0 Å². The molecule has 0 spiro atoms. The number of hydrogen-bond donors (Lipinski definition) is 1. The van der Waals surface area contributed by atoms with E-state index >= 15 is 0 Å². The van der Waals surface area contributed by atoms with E-state index in [9.17, 15) is 9.90 Å². The number of likely N-dealkylation sites (N-methyl/N-ethyl adjacent to an activating group) is 1. The average molecular weight is 476 g/mol. The van der Waals surface area contributed by atoms with Gasteiger partial charge in [0.1, 0.15) is 18.4 Å². The van der Waals surface area contributed by atoms with Crippen LogP contribution in [0.1, 0.15) is 31.9 Å². The van der Waals surface area contributed by atoms with E-state index in [0.717, 1.165) is 28.1 Å². The standard InChI is InChI=1S/C28H33N3O4/c1-4-31(5-2)27(28(32)33)20-22-9-15-25(16-10-22)34-18-19-35-30-21(3)23-11-13-24(14-12-23)26-8-6-7-17-29-26/h6-17,27H,4-5,18-20H2,1-3H3,(H,32,33)/b30-21-. The molecule has 7 heteroatoms. The van der Waals surface area contributed by atoms with Gasteiger partial charge in [-0.3, -0.25) is 14.7 Å². The van der Waals surface area contributed by atoms with Crippen LogP contribution in [0.25, 0.3) is 11.3 Å². The number of hydrogen-bond acceptors (Lipinski definition) is 6. The largest absolute Gasteiger partial charge is 0.490 e. The number of aliphatic carboxylic acids is 1. The predicted octanol–water partition coefficient (Wildman–Crippen LogP) is 4.91. The molecule has 0 aliphatic carbocycles. The zero-order chi connectivity index (χ0) is 25.0. The molecule has 0 radical (unpaired) electrons. The van der Waals surface area contributed by atoms with Crippen molar-refractivity contribution in [3.63, 3.8) is 0 Å². The van der Waals surface area contributed by atoms with Crippen molar-refractivity contribution in [1.82, 2.24) is 9.88 Å². The molecule has 3 rings (SSSR count). The van der Waals surface area contributed by atoms with Crippen molar-refractivity contribution >= 4 is 11.7 Å². The molecule has 35 heavy (non-hydrogen) atoms. The van der Waals surface area contributed by atoms with Crippen LogP contribution in [0.5, 0.6) is 5.75 Å². The van der Waals surface area contributed by atoms with E-state index in [1.807, 2.05) is 92.4 Å². The van der Waals surface area contributed by atoms with Crippen LogP contribution in [-0.4, -0.2) is 59.0 Å². The van der Waals surface area contributed by atoms with Crippen LogP contribution < -0.4 is 4.74 Å². The summed E-state index contributed by atoms with van der Waals surface area (Å²) in [5.74, 6) is -0.0935. The second-order valence-electron chi connectivity index (χ2n) is 8.07. The number of rotatable bonds is 13. The van der Waals surface area contributed by atoms with Gasteiger partial charge in [-0.2, -0.15) is 0 Å². The lowest BCUT2D eigenvalue weighted by molar-refractivity contribution is -0.143. The molecule has 1 atom stereocenters. The van der Waals surface area contributed by atoms with Crippen LogP contribution >= 0.6 is 0 Å². The highest BCUT2D eigenvalue weighted by molar-refractivity contribution is 5.98. The molecular formula is C28H33N3O4. The van der Waals surface area contributed by atoms with Crippen LogP contribution in [0.3, 0.4) is 0 Å². The number of oxime groups is 1. The summed E-state index contributed by atoms with van der Waals surface area (Å²) < 4.78 is 5.73. The van der Waals surface area contributed by atoms with E-state index in [0.29, 0.717) is 38.5 Å². The fourth-order valence-electron chi connectivity index (χ4n) is 3.79. The van der Waals surface area contributed by atoms with Gasteiger partial charge in [-0.05, 0) is 61.8 Å². The molecule has 0 aliphatic rings. The number of nitrogens with zero attached hydrogens (tertiary/aromatic N) is 3. The van der Waals surface area contributed by atoms with E-state index in [4.69, 9.17) is 9.57 Å². The van der Waals surface area contributed by atoms with E-state index in [2.05, 4.69) is 10.1 Å². The number of benzene rings is 2. The van der Waals surface area contributed by atoms with Gasteiger partial charge in [0, 0.05) is 11.8 Å². The Morgan fingerprint density at radius 1 is 1.00 bits per heavy atom. The van der Waals surface area contributed by atoms with Crippen LogP contribution in [0.15, 0.2) is 78.1 Å². The topological polar surface area (TPSA) is 84.3 Å². The lowest BCUT2D eigenvalue weighted by Crippen LogP contribution is -2.42. The van der Waals surface area contributed by atoms with Gasteiger partial charge in [-0.1, -0.05) is 61.5 Å². The molecule has 0 fully saturated rings. The third-order valence-electron chi connectivity index (χ3n) is 5.80. The minimum atomic E-state index is -0.800. The van der Waals surface area contributed by atoms with Gasteiger partial charge in [0.2, 0.25) is 0 Å². The Kier molecular flexibility index (Phi) is 9.80. The molecule has 0 saturated carbocycles. The number of pyridine rings is 1. The Morgan fingerprint density at radius 2 is 1.71 bits per heavy atom. The van der Waals surface area contributed by atoms with E-state index in [-0.39, 0.29) is 0 Å². The molecular weight excluding hydrogens is 442 g/mol. The number of carbonyl (C=O) groups is 1. The maximum atomic E-state index is 11.7. The van der Waals surface area contributed by atoms with Crippen molar-refractivity contribution < 1.29 is 19.5 Å². The third-order valence-corrected chi connectivity index (χ3v) is 5.80. The Hall–Kier alpha value is -3.71. The minimum absolute atomic E-state index is 0.314. The van der Waals surface area contributed by atoms with Gasteiger partial charge < -0.3 is 14.7 Å². The molecule has 1 heterocycles. The van der Waals surface area contributed by atoms with Crippen LogP contribution in [0, 0.1) is 0 Å². The van der Waals surface area contributed by atoms with Crippen LogP contribution in [-0.2, 0) is 16.1 Å². The molecule has 0 aliphatic heterocycles. The molecule has 1 N–H and O–H groups in total. The Morgan fingerprint density at radius 3 is 2.31 bits per heavy atom. The summed E-state index contributed by atoms with van der Waals surface area (Å²) in [4.78, 5) is 23.4. The molecule has 2 aromatic carbocycles. The first-order valence-corrected chi connectivity index (χ1v) is 11.9. The molecule has 1 aromatic heterocycles. The summed E-state index contributed by atoms with van der Waals surface area (Å²) in [6.45, 7) is 7.92. The molecule has 1 unspecified atom stereocenters. The number of carboxylic acid groups (broad SMARTS) is 1.